The molecule has 0 bridgehead atoms. The molecule has 30 heavy (non-hydrogen) atoms. The van der Waals surface area contributed by atoms with Crippen LogP contribution in [0.2, 0.25) is 0 Å². The Kier molecular flexibility index (Phi) is 11.5. The van der Waals surface area contributed by atoms with Gasteiger partial charge in [-0.25, -0.2) is 4.79 Å². The molecule has 0 unspecified atom stereocenters. The first kappa shape index (κ1) is 23.8. The fourth-order valence-corrected chi connectivity index (χ4v) is 3.17. The molecule has 0 aromatic heterocycles. The third-order valence-corrected chi connectivity index (χ3v) is 4.92. The Bertz CT molecular complexity index is 741. The number of hydrogen-bond acceptors (Lipinski definition) is 4. The molecule has 0 heterocycles. The van der Waals surface area contributed by atoms with E-state index in [1.165, 1.54) is 25.7 Å². The summed E-state index contributed by atoms with van der Waals surface area (Å²) in [6.07, 6.45) is 10.4. The van der Waals surface area contributed by atoms with Crippen LogP contribution in [0.5, 0.6) is 17.2 Å². The second kappa shape index (κ2) is 14.5. The fourth-order valence-electron chi connectivity index (χ4n) is 3.17. The van der Waals surface area contributed by atoms with Crippen molar-refractivity contribution in [2.45, 2.75) is 71.6 Å². The summed E-state index contributed by atoms with van der Waals surface area (Å²) < 4.78 is 17.4. The Balaban J connectivity index is 1.91. The van der Waals surface area contributed by atoms with Crippen LogP contribution < -0.4 is 14.2 Å². The third kappa shape index (κ3) is 8.48. The zero-order valence-electron chi connectivity index (χ0n) is 18.5. The Hall–Kier alpha value is -2.49. The summed E-state index contributed by atoms with van der Waals surface area (Å²) in [5, 5.41) is 0. The van der Waals surface area contributed by atoms with Crippen molar-refractivity contribution in [1.29, 1.82) is 0 Å². The number of rotatable bonds is 15. The first-order chi connectivity index (χ1) is 14.8. The second-order valence-electron chi connectivity index (χ2n) is 7.50. The summed E-state index contributed by atoms with van der Waals surface area (Å²) in [4.78, 5) is 12.8. The number of hydrogen-bond donors (Lipinski definition) is 0. The molecule has 0 N–H and O–H groups in total. The molecule has 0 fully saturated rings. The summed E-state index contributed by atoms with van der Waals surface area (Å²) in [5.74, 6) is 1.16. The van der Waals surface area contributed by atoms with Crippen LogP contribution in [0.25, 0.3) is 0 Å². The van der Waals surface area contributed by atoms with Crippen molar-refractivity contribution >= 4 is 5.97 Å². The monoisotopic (exact) mass is 412 g/mol. The molecule has 2 aromatic rings. The molecule has 164 valence electrons. The van der Waals surface area contributed by atoms with Crippen molar-refractivity contribution in [2.75, 3.05) is 13.2 Å². The van der Waals surface area contributed by atoms with E-state index in [0.29, 0.717) is 36.0 Å². The SMILES string of the molecule is CCCCCCCCOc1ccccc1OC(=O)c1ccccc1OCCCCC. The standard InChI is InChI=1S/C26H36O4/c1-3-5-7-8-9-15-21-29-24-18-12-13-19-25(24)30-26(27)22-16-10-11-17-23(22)28-20-14-6-4-2/h10-13,16-19H,3-9,14-15,20-21H2,1-2H3. The Morgan fingerprint density at radius 1 is 0.633 bits per heavy atom. The van der Waals surface area contributed by atoms with Gasteiger partial charge >= 0.3 is 5.97 Å². The number of carbonyl (C=O) groups is 1. The second-order valence-corrected chi connectivity index (χ2v) is 7.50. The molecule has 4 nitrogen and oxygen atoms in total. The number of carbonyl (C=O) groups excluding carboxylic acids is 1. The van der Waals surface area contributed by atoms with Gasteiger partial charge in [-0.1, -0.05) is 83.1 Å². The van der Waals surface area contributed by atoms with Crippen LogP contribution >= 0.6 is 0 Å². The quantitative estimate of drug-likeness (QED) is 0.176. The van der Waals surface area contributed by atoms with Gasteiger partial charge in [0, 0.05) is 0 Å². The van der Waals surface area contributed by atoms with Crippen LogP contribution in [-0.2, 0) is 0 Å². The van der Waals surface area contributed by atoms with Gasteiger partial charge in [0.2, 0.25) is 0 Å². The minimum Gasteiger partial charge on any atom is -0.493 e. The lowest BCUT2D eigenvalue weighted by Crippen LogP contribution is -2.12. The highest BCUT2D eigenvalue weighted by Crippen LogP contribution is 2.29. The largest absolute Gasteiger partial charge is 0.493 e. The average molecular weight is 413 g/mol. The smallest absolute Gasteiger partial charge is 0.347 e. The van der Waals surface area contributed by atoms with Crippen molar-refractivity contribution in [3.05, 3.63) is 54.1 Å². The van der Waals surface area contributed by atoms with Gasteiger partial charge in [0.25, 0.3) is 0 Å². The molecule has 4 heteroatoms. The lowest BCUT2D eigenvalue weighted by molar-refractivity contribution is 0.0723. The van der Waals surface area contributed by atoms with Crippen LogP contribution in [0.3, 0.4) is 0 Å². The van der Waals surface area contributed by atoms with E-state index in [2.05, 4.69) is 13.8 Å². The van der Waals surface area contributed by atoms with Crippen LogP contribution in [-0.4, -0.2) is 19.2 Å². The Morgan fingerprint density at radius 3 is 1.87 bits per heavy atom. The summed E-state index contributed by atoms with van der Waals surface area (Å²) in [6.45, 7) is 5.59. The fraction of sp³-hybridized carbons (Fsp3) is 0.500. The van der Waals surface area contributed by atoms with E-state index in [-0.39, 0.29) is 0 Å². The molecule has 0 saturated carbocycles. The third-order valence-electron chi connectivity index (χ3n) is 4.92. The van der Waals surface area contributed by atoms with Crippen molar-refractivity contribution in [3.63, 3.8) is 0 Å². The minimum atomic E-state index is -0.434. The first-order valence-electron chi connectivity index (χ1n) is 11.4. The van der Waals surface area contributed by atoms with E-state index in [9.17, 15) is 4.79 Å². The van der Waals surface area contributed by atoms with Gasteiger partial charge < -0.3 is 14.2 Å². The van der Waals surface area contributed by atoms with Gasteiger partial charge in [-0.05, 0) is 37.1 Å². The molecule has 0 spiro atoms. The van der Waals surface area contributed by atoms with Crippen molar-refractivity contribution in [2.24, 2.45) is 0 Å². The zero-order chi connectivity index (χ0) is 21.4. The van der Waals surface area contributed by atoms with Crippen molar-refractivity contribution in [3.8, 4) is 17.2 Å². The molecular formula is C26H36O4. The van der Waals surface area contributed by atoms with Crippen LogP contribution in [0.1, 0.15) is 82.0 Å². The maximum absolute atomic E-state index is 12.8. The van der Waals surface area contributed by atoms with E-state index in [4.69, 9.17) is 14.2 Å². The van der Waals surface area contributed by atoms with E-state index in [1.807, 2.05) is 36.4 Å². The van der Waals surface area contributed by atoms with E-state index in [0.717, 1.165) is 32.1 Å². The number of benzene rings is 2. The van der Waals surface area contributed by atoms with Crippen molar-refractivity contribution in [1.82, 2.24) is 0 Å². The topological polar surface area (TPSA) is 44.8 Å². The molecule has 0 aliphatic carbocycles. The highest BCUT2D eigenvalue weighted by atomic mass is 16.6. The summed E-state index contributed by atoms with van der Waals surface area (Å²) >= 11 is 0. The van der Waals surface area contributed by atoms with Gasteiger partial charge in [0.1, 0.15) is 11.3 Å². The summed E-state index contributed by atoms with van der Waals surface area (Å²) in [5.41, 5.74) is 0.430. The minimum absolute atomic E-state index is 0.430. The molecular weight excluding hydrogens is 376 g/mol. The lowest BCUT2D eigenvalue weighted by atomic mass is 10.1. The molecule has 2 rings (SSSR count). The highest BCUT2D eigenvalue weighted by Gasteiger charge is 2.16. The number of esters is 1. The lowest BCUT2D eigenvalue weighted by Gasteiger charge is -2.13. The zero-order valence-corrected chi connectivity index (χ0v) is 18.5. The molecule has 0 aliphatic heterocycles. The Labute approximate surface area is 181 Å². The van der Waals surface area contributed by atoms with Gasteiger partial charge in [-0.2, -0.15) is 0 Å². The first-order valence-corrected chi connectivity index (χ1v) is 11.4. The molecule has 2 aromatic carbocycles. The normalized spacial score (nSPS) is 10.6. The van der Waals surface area contributed by atoms with Gasteiger partial charge in [-0.3, -0.25) is 0 Å². The maximum atomic E-state index is 12.8. The van der Waals surface area contributed by atoms with E-state index < -0.39 is 5.97 Å². The number of para-hydroxylation sites is 3. The van der Waals surface area contributed by atoms with Gasteiger partial charge in [0.15, 0.2) is 11.5 Å². The maximum Gasteiger partial charge on any atom is 0.347 e. The molecule has 0 radical (unpaired) electrons. The van der Waals surface area contributed by atoms with Crippen LogP contribution in [0.15, 0.2) is 48.5 Å². The van der Waals surface area contributed by atoms with E-state index in [1.54, 1.807) is 12.1 Å². The van der Waals surface area contributed by atoms with Gasteiger partial charge in [0.05, 0.1) is 13.2 Å². The molecule has 0 amide bonds. The summed E-state index contributed by atoms with van der Waals surface area (Å²) in [7, 11) is 0. The molecule has 0 saturated heterocycles. The van der Waals surface area contributed by atoms with Gasteiger partial charge in [-0.15, -0.1) is 0 Å². The van der Waals surface area contributed by atoms with E-state index >= 15 is 0 Å². The average Bonchev–Trinajstić information content (AvgIpc) is 2.77. The number of unbranched alkanes of at least 4 members (excludes halogenated alkanes) is 7. The number of ether oxygens (including phenoxy) is 3. The summed E-state index contributed by atoms with van der Waals surface area (Å²) in [6, 6.07) is 14.6. The predicted octanol–water partition coefficient (Wildman–Crippen LogP) is 7.21. The van der Waals surface area contributed by atoms with Crippen LogP contribution in [0, 0.1) is 0 Å². The van der Waals surface area contributed by atoms with Crippen LogP contribution in [0.4, 0.5) is 0 Å². The van der Waals surface area contributed by atoms with Crippen molar-refractivity contribution < 1.29 is 19.0 Å². The predicted molar refractivity (Wildman–Crippen MR) is 122 cm³/mol. The highest BCUT2D eigenvalue weighted by molar-refractivity contribution is 5.94. The molecule has 0 aliphatic rings. The Morgan fingerprint density at radius 2 is 1.13 bits per heavy atom. The molecule has 0 atom stereocenters.